The van der Waals surface area contributed by atoms with Gasteiger partial charge < -0.3 is 16.2 Å². The van der Waals surface area contributed by atoms with Gasteiger partial charge in [0.15, 0.2) is 0 Å². The van der Waals surface area contributed by atoms with E-state index in [0.29, 0.717) is 13.0 Å². The van der Waals surface area contributed by atoms with Gasteiger partial charge in [-0.15, -0.1) is 0 Å². The van der Waals surface area contributed by atoms with E-state index >= 15 is 0 Å². The highest BCUT2D eigenvalue weighted by atomic mass is 16.3. The molecule has 0 aliphatic heterocycles. The van der Waals surface area contributed by atoms with E-state index in [0.717, 1.165) is 0 Å². The van der Waals surface area contributed by atoms with E-state index in [4.69, 9.17) is 10.8 Å². The third-order valence-corrected chi connectivity index (χ3v) is 1.53. The first-order chi connectivity index (χ1) is 4.98. The summed E-state index contributed by atoms with van der Waals surface area (Å²) in [4.78, 5) is 10.3. The van der Waals surface area contributed by atoms with Gasteiger partial charge in [0.25, 0.3) is 0 Å². The molecule has 4 nitrogen and oxygen atoms in total. The van der Waals surface area contributed by atoms with Crippen LogP contribution in [0.5, 0.6) is 0 Å². The van der Waals surface area contributed by atoms with E-state index in [-0.39, 0.29) is 12.0 Å². The molecule has 4 N–H and O–H groups in total. The molecule has 0 heterocycles. The van der Waals surface area contributed by atoms with Crippen molar-refractivity contribution in [1.82, 2.24) is 5.32 Å². The Bertz CT molecular complexity index is 134. The number of carbonyl (C=O) groups is 1. The maximum absolute atomic E-state index is 10.3. The van der Waals surface area contributed by atoms with Crippen LogP contribution in [-0.2, 0) is 0 Å². The van der Waals surface area contributed by atoms with Gasteiger partial charge in [-0.3, -0.25) is 0 Å². The number of hydrogen-bond acceptors (Lipinski definition) is 2. The van der Waals surface area contributed by atoms with Crippen molar-refractivity contribution in [2.75, 3.05) is 13.2 Å². The van der Waals surface area contributed by atoms with Crippen LogP contribution in [0.4, 0.5) is 4.79 Å². The van der Waals surface area contributed by atoms with Crippen LogP contribution >= 0.6 is 0 Å². The summed E-state index contributed by atoms with van der Waals surface area (Å²) < 4.78 is 0. The van der Waals surface area contributed by atoms with Gasteiger partial charge >= 0.3 is 6.03 Å². The second-order valence-electron chi connectivity index (χ2n) is 3.36. The lowest BCUT2D eigenvalue weighted by Gasteiger charge is -2.22. The highest BCUT2D eigenvalue weighted by Gasteiger charge is 2.16. The molecule has 0 rings (SSSR count). The fourth-order valence-electron chi connectivity index (χ4n) is 0.717. The molecule has 0 unspecified atom stereocenters. The number of urea groups is 1. The number of carbonyl (C=O) groups excluding carboxylic acids is 1. The standard InChI is InChI=1S/C7H16N2O2/c1-7(2,3-4-10)5-9-6(8)11/h10H,3-5H2,1-2H3,(H3,8,9,11). The summed E-state index contributed by atoms with van der Waals surface area (Å²) >= 11 is 0. The molecular formula is C7H16N2O2. The molecule has 0 spiro atoms. The number of aliphatic hydroxyl groups is 1. The molecule has 0 atom stereocenters. The summed E-state index contributed by atoms with van der Waals surface area (Å²) in [5, 5.41) is 11.1. The van der Waals surface area contributed by atoms with Crippen LogP contribution in [0, 0.1) is 5.41 Å². The summed E-state index contributed by atoms with van der Waals surface area (Å²) in [5.74, 6) is 0. The Balaban J connectivity index is 3.63. The zero-order chi connectivity index (χ0) is 8.91. The molecular weight excluding hydrogens is 144 g/mol. The minimum Gasteiger partial charge on any atom is -0.396 e. The average molecular weight is 160 g/mol. The van der Waals surface area contributed by atoms with Crippen molar-refractivity contribution in [3.63, 3.8) is 0 Å². The first kappa shape index (κ1) is 10.2. The van der Waals surface area contributed by atoms with Crippen molar-refractivity contribution in [2.24, 2.45) is 11.1 Å². The number of hydrogen-bond donors (Lipinski definition) is 3. The number of primary amides is 1. The molecule has 0 fully saturated rings. The van der Waals surface area contributed by atoms with Gasteiger partial charge in [-0.2, -0.15) is 0 Å². The molecule has 11 heavy (non-hydrogen) atoms. The molecule has 0 bridgehead atoms. The van der Waals surface area contributed by atoms with Crippen molar-refractivity contribution in [2.45, 2.75) is 20.3 Å². The van der Waals surface area contributed by atoms with E-state index in [1.54, 1.807) is 0 Å². The lowest BCUT2D eigenvalue weighted by molar-refractivity contribution is 0.203. The van der Waals surface area contributed by atoms with E-state index < -0.39 is 6.03 Å². The van der Waals surface area contributed by atoms with Gasteiger partial charge in [0.1, 0.15) is 0 Å². The number of aliphatic hydroxyl groups excluding tert-OH is 1. The van der Waals surface area contributed by atoms with E-state index in [1.807, 2.05) is 13.8 Å². The Morgan fingerprint density at radius 1 is 1.64 bits per heavy atom. The van der Waals surface area contributed by atoms with Crippen molar-refractivity contribution < 1.29 is 9.90 Å². The normalized spacial score (nSPS) is 11.2. The van der Waals surface area contributed by atoms with Crippen molar-refractivity contribution in [3.8, 4) is 0 Å². The third-order valence-electron chi connectivity index (χ3n) is 1.53. The predicted molar refractivity (Wildman–Crippen MR) is 43.1 cm³/mol. The van der Waals surface area contributed by atoms with Crippen LogP contribution in [0.15, 0.2) is 0 Å². The van der Waals surface area contributed by atoms with Crippen LogP contribution in [0.3, 0.4) is 0 Å². The lowest BCUT2D eigenvalue weighted by Crippen LogP contribution is -2.37. The van der Waals surface area contributed by atoms with Crippen LogP contribution in [0.2, 0.25) is 0 Å². The first-order valence-electron chi connectivity index (χ1n) is 3.62. The van der Waals surface area contributed by atoms with Gasteiger partial charge in [-0.1, -0.05) is 13.8 Å². The second-order valence-corrected chi connectivity index (χ2v) is 3.36. The Hall–Kier alpha value is -0.770. The smallest absolute Gasteiger partial charge is 0.312 e. The molecule has 66 valence electrons. The summed E-state index contributed by atoms with van der Waals surface area (Å²) in [6.45, 7) is 4.55. The Labute approximate surface area is 66.8 Å². The van der Waals surface area contributed by atoms with Crippen molar-refractivity contribution >= 4 is 6.03 Å². The largest absolute Gasteiger partial charge is 0.396 e. The number of nitrogens with one attached hydrogen (secondary N) is 1. The number of rotatable bonds is 4. The van der Waals surface area contributed by atoms with Gasteiger partial charge in [0.05, 0.1) is 0 Å². The predicted octanol–water partition coefficient (Wildman–Crippen LogP) is 0.0633. The molecule has 0 saturated carbocycles. The topological polar surface area (TPSA) is 75.3 Å². The maximum atomic E-state index is 10.3. The number of amides is 2. The minimum absolute atomic E-state index is 0.0796. The van der Waals surface area contributed by atoms with E-state index in [1.165, 1.54) is 0 Å². The summed E-state index contributed by atoms with van der Waals surface area (Å²) in [7, 11) is 0. The molecule has 0 radical (unpaired) electrons. The average Bonchev–Trinajstić information content (AvgIpc) is 1.84. The number of nitrogens with two attached hydrogens (primary N) is 1. The fraction of sp³-hybridized carbons (Fsp3) is 0.857. The molecule has 0 aliphatic carbocycles. The minimum atomic E-state index is -0.518. The zero-order valence-corrected chi connectivity index (χ0v) is 7.05. The second kappa shape index (κ2) is 4.18. The maximum Gasteiger partial charge on any atom is 0.312 e. The first-order valence-corrected chi connectivity index (χ1v) is 3.62. The molecule has 0 aromatic carbocycles. The highest BCUT2D eigenvalue weighted by Crippen LogP contribution is 2.17. The molecule has 0 aromatic rings. The molecule has 0 aromatic heterocycles. The zero-order valence-electron chi connectivity index (χ0n) is 7.05. The van der Waals surface area contributed by atoms with Gasteiger partial charge in [-0.25, -0.2) is 4.79 Å². The quantitative estimate of drug-likeness (QED) is 0.544. The summed E-state index contributed by atoms with van der Waals surface area (Å²) in [5.41, 5.74) is 4.80. The van der Waals surface area contributed by atoms with E-state index in [9.17, 15) is 4.79 Å². The lowest BCUT2D eigenvalue weighted by atomic mass is 9.90. The molecule has 2 amide bonds. The summed E-state index contributed by atoms with van der Waals surface area (Å²) in [6, 6.07) is -0.518. The van der Waals surface area contributed by atoms with Gasteiger partial charge in [0, 0.05) is 13.2 Å². The highest BCUT2D eigenvalue weighted by molar-refractivity contribution is 5.71. The van der Waals surface area contributed by atoms with Gasteiger partial charge in [-0.05, 0) is 11.8 Å². The molecule has 0 aliphatic rings. The summed E-state index contributed by atoms with van der Waals surface area (Å²) in [6.07, 6.45) is 0.660. The molecule has 0 saturated heterocycles. The Morgan fingerprint density at radius 3 is 2.55 bits per heavy atom. The Kier molecular flexibility index (Phi) is 3.89. The van der Waals surface area contributed by atoms with Gasteiger partial charge in [0.2, 0.25) is 0 Å². The Morgan fingerprint density at radius 2 is 2.18 bits per heavy atom. The fourth-order valence-corrected chi connectivity index (χ4v) is 0.717. The molecule has 4 heteroatoms. The van der Waals surface area contributed by atoms with Crippen LogP contribution in [-0.4, -0.2) is 24.3 Å². The van der Waals surface area contributed by atoms with Crippen molar-refractivity contribution in [3.05, 3.63) is 0 Å². The van der Waals surface area contributed by atoms with Crippen molar-refractivity contribution in [1.29, 1.82) is 0 Å². The third kappa shape index (κ3) is 5.66. The van der Waals surface area contributed by atoms with E-state index in [2.05, 4.69) is 5.32 Å². The monoisotopic (exact) mass is 160 g/mol. The van der Waals surface area contributed by atoms with Crippen LogP contribution in [0.25, 0.3) is 0 Å². The van der Waals surface area contributed by atoms with Crippen LogP contribution in [0.1, 0.15) is 20.3 Å². The SMILES string of the molecule is CC(C)(CCO)CNC(N)=O. The van der Waals surface area contributed by atoms with Crippen LogP contribution < -0.4 is 11.1 Å².